The molecule has 2 heterocycles. The van der Waals surface area contributed by atoms with Crippen molar-refractivity contribution in [2.45, 2.75) is 18.7 Å². The van der Waals surface area contributed by atoms with Crippen LogP contribution < -0.4 is 0 Å². The molecule has 1 aromatic heterocycles. The molecule has 1 amide bonds. The van der Waals surface area contributed by atoms with Crippen LogP contribution in [0.4, 0.5) is 0 Å². The second kappa shape index (κ2) is 8.08. The summed E-state index contributed by atoms with van der Waals surface area (Å²) in [4.78, 5) is 14.5. The predicted molar refractivity (Wildman–Crippen MR) is 111 cm³/mol. The number of benzene rings is 2. The summed E-state index contributed by atoms with van der Waals surface area (Å²) < 4.78 is 28.7. The fraction of sp³-hybridized carbons (Fsp3) is 0.300. The lowest BCUT2D eigenvalue weighted by molar-refractivity contribution is 0.0697. The van der Waals surface area contributed by atoms with Crippen LogP contribution in [0.25, 0.3) is 5.69 Å². The molecule has 1 aliphatic rings. The molecule has 10 nitrogen and oxygen atoms in total. The van der Waals surface area contributed by atoms with Crippen molar-refractivity contribution in [2.24, 2.45) is 0 Å². The number of aromatic hydroxyl groups is 1. The number of hydrogen-bond acceptors (Lipinski definition) is 7. The van der Waals surface area contributed by atoms with Gasteiger partial charge in [-0.25, -0.2) is 13.1 Å². The van der Waals surface area contributed by atoms with Gasteiger partial charge in [-0.2, -0.15) is 4.31 Å². The summed E-state index contributed by atoms with van der Waals surface area (Å²) in [6, 6.07) is 9.74. The van der Waals surface area contributed by atoms with Crippen LogP contribution >= 0.6 is 0 Å². The Bertz CT molecular complexity index is 1220. The van der Waals surface area contributed by atoms with E-state index in [-0.39, 0.29) is 42.7 Å². The predicted octanol–water partition coefficient (Wildman–Crippen LogP) is 1.13. The number of amides is 1. The molecule has 0 radical (unpaired) electrons. The molecule has 1 N–H and O–H groups in total. The lowest BCUT2D eigenvalue weighted by Crippen LogP contribution is -2.50. The van der Waals surface area contributed by atoms with Gasteiger partial charge < -0.3 is 10.0 Å². The molecule has 162 valence electrons. The van der Waals surface area contributed by atoms with Crippen LogP contribution in [0.15, 0.2) is 47.6 Å². The number of aromatic nitrogens is 4. The minimum atomic E-state index is -3.84. The fourth-order valence-corrected chi connectivity index (χ4v) is 5.19. The smallest absolute Gasteiger partial charge is 0.253 e. The van der Waals surface area contributed by atoms with Gasteiger partial charge in [-0.05, 0) is 65.7 Å². The van der Waals surface area contributed by atoms with E-state index in [0.29, 0.717) is 5.56 Å². The number of carbonyl (C=O) groups is 1. The van der Waals surface area contributed by atoms with Gasteiger partial charge in [-0.3, -0.25) is 4.79 Å². The highest BCUT2D eigenvalue weighted by Gasteiger charge is 2.32. The Kier molecular flexibility index (Phi) is 5.46. The van der Waals surface area contributed by atoms with E-state index >= 15 is 0 Å². The van der Waals surface area contributed by atoms with Gasteiger partial charge >= 0.3 is 0 Å². The Morgan fingerprint density at radius 1 is 1.03 bits per heavy atom. The standard InChI is InChI=1S/C20H22N6O4S/c1-14-3-6-18(27)19(11-14)31(29,30)25-9-7-24(8-10-25)20(28)16-4-5-17(15(2)12-16)26-13-21-22-23-26/h3-6,11-13,27H,7-10H2,1-2H3. The van der Waals surface area contributed by atoms with E-state index in [2.05, 4.69) is 15.5 Å². The number of piperazine rings is 1. The lowest BCUT2D eigenvalue weighted by atomic mass is 10.1. The van der Waals surface area contributed by atoms with Gasteiger partial charge in [-0.15, -0.1) is 5.10 Å². The highest BCUT2D eigenvalue weighted by molar-refractivity contribution is 7.89. The van der Waals surface area contributed by atoms with Crippen LogP contribution in [0.5, 0.6) is 5.75 Å². The fourth-order valence-electron chi connectivity index (χ4n) is 3.60. The number of tetrazole rings is 1. The van der Waals surface area contributed by atoms with E-state index in [0.717, 1.165) is 16.8 Å². The van der Waals surface area contributed by atoms with Crippen molar-refractivity contribution in [2.75, 3.05) is 26.2 Å². The molecule has 0 bridgehead atoms. The van der Waals surface area contributed by atoms with Crippen LogP contribution in [0.1, 0.15) is 21.5 Å². The van der Waals surface area contributed by atoms with Gasteiger partial charge in [-0.1, -0.05) is 6.07 Å². The van der Waals surface area contributed by atoms with E-state index in [1.54, 1.807) is 36.1 Å². The molecule has 4 rings (SSSR count). The largest absolute Gasteiger partial charge is 0.507 e. The third kappa shape index (κ3) is 4.01. The monoisotopic (exact) mass is 442 g/mol. The number of nitrogens with zero attached hydrogens (tertiary/aromatic N) is 6. The summed E-state index contributed by atoms with van der Waals surface area (Å²) in [5.41, 5.74) is 2.87. The molecule has 0 aliphatic carbocycles. The zero-order valence-electron chi connectivity index (χ0n) is 17.1. The van der Waals surface area contributed by atoms with Gasteiger partial charge in [0, 0.05) is 31.7 Å². The molecule has 0 unspecified atom stereocenters. The summed E-state index contributed by atoms with van der Waals surface area (Å²) in [5, 5.41) is 21.1. The second-order valence-corrected chi connectivity index (χ2v) is 9.33. The van der Waals surface area contributed by atoms with Crippen LogP contribution in [0.2, 0.25) is 0 Å². The van der Waals surface area contributed by atoms with E-state index in [1.165, 1.54) is 27.4 Å². The molecule has 3 aromatic rings. The van der Waals surface area contributed by atoms with E-state index in [9.17, 15) is 18.3 Å². The topological polar surface area (TPSA) is 122 Å². The van der Waals surface area contributed by atoms with Crippen LogP contribution in [-0.2, 0) is 10.0 Å². The zero-order valence-corrected chi connectivity index (χ0v) is 17.9. The first-order valence-electron chi connectivity index (χ1n) is 9.70. The number of sulfonamides is 1. The van der Waals surface area contributed by atoms with Gasteiger partial charge in [0.2, 0.25) is 10.0 Å². The van der Waals surface area contributed by atoms with Crippen molar-refractivity contribution in [3.63, 3.8) is 0 Å². The molecule has 0 atom stereocenters. The third-order valence-corrected chi connectivity index (χ3v) is 7.23. The summed E-state index contributed by atoms with van der Waals surface area (Å²) >= 11 is 0. The van der Waals surface area contributed by atoms with Gasteiger partial charge in [0.15, 0.2) is 0 Å². The quantitative estimate of drug-likeness (QED) is 0.643. The summed E-state index contributed by atoms with van der Waals surface area (Å²) in [6.07, 6.45) is 1.48. The van der Waals surface area contributed by atoms with E-state index < -0.39 is 10.0 Å². The number of aryl methyl sites for hydroxylation is 2. The Labute approximate surface area is 179 Å². The molecule has 0 saturated carbocycles. The van der Waals surface area contributed by atoms with Crippen LogP contribution in [-0.4, -0.2) is 75.0 Å². The van der Waals surface area contributed by atoms with Crippen LogP contribution in [0, 0.1) is 13.8 Å². The number of hydrogen-bond donors (Lipinski definition) is 1. The Morgan fingerprint density at radius 2 is 1.77 bits per heavy atom. The van der Waals surface area contributed by atoms with Crippen molar-refractivity contribution >= 4 is 15.9 Å². The highest BCUT2D eigenvalue weighted by atomic mass is 32.2. The molecule has 0 spiro atoms. The van der Waals surface area contributed by atoms with E-state index in [1.807, 2.05) is 6.92 Å². The SMILES string of the molecule is Cc1ccc(O)c(S(=O)(=O)N2CCN(C(=O)c3ccc(-n4cnnn4)c(C)c3)CC2)c1. The molecule has 1 saturated heterocycles. The van der Waals surface area contributed by atoms with Crippen molar-refractivity contribution in [3.8, 4) is 11.4 Å². The van der Waals surface area contributed by atoms with Gasteiger partial charge in [0.25, 0.3) is 5.91 Å². The number of phenolic OH excluding ortho intramolecular Hbond substituents is 1. The Balaban J connectivity index is 1.47. The Morgan fingerprint density at radius 3 is 2.42 bits per heavy atom. The van der Waals surface area contributed by atoms with Crippen molar-refractivity contribution in [1.29, 1.82) is 0 Å². The molecule has 1 fully saturated rings. The summed E-state index contributed by atoms with van der Waals surface area (Å²) in [6.45, 7) is 4.47. The third-order valence-electron chi connectivity index (χ3n) is 5.30. The maximum absolute atomic E-state index is 12.9. The minimum absolute atomic E-state index is 0.110. The first-order valence-corrected chi connectivity index (χ1v) is 11.1. The summed E-state index contributed by atoms with van der Waals surface area (Å²) in [5.74, 6) is -0.441. The first kappa shape index (κ1) is 20.9. The summed E-state index contributed by atoms with van der Waals surface area (Å²) in [7, 11) is -3.84. The second-order valence-electron chi connectivity index (χ2n) is 7.42. The zero-order chi connectivity index (χ0) is 22.2. The highest BCUT2D eigenvalue weighted by Crippen LogP contribution is 2.27. The molecule has 31 heavy (non-hydrogen) atoms. The molecule has 2 aromatic carbocycles. The molecular weight excluding hydrogens is 420 g/mol. The van der Waals surface area contributed by atoms with Crippen LogP contribution in [0.3, 0.4) is 0 Å². The maximum Gasteiger partial charge on any atom is 0.253 e. The Hall–Kier alpha value is -3.31. The lowest BCUT2D eigenvalue weighted by Gasteiger charge is -2.34. The van der Waals surface area contributed by atoms with Crippen molar-refractivity contribution in [1.82, 2.24) is 29.4 Å². The average molecular weight is 443 g/mol. The minimum Gasteiger partial charge on any atom is -0.507 e. The van der Waals surface area contributed by atoms with Crippen molar-refractivity contribution < 1.29 is 18.3 Å². The van der Waals surface area contributed by atoms with E-state index in [4.69, 9.17) is 0 Å². The first-order chi connectivity index (χ1) is 14.8. The van der Waals surface area contributed by atoms with Crippen molar-refractivity contribution in [3.05, 3.63) is 59.4 Å². The molecule has 11 heteroatoms. The molecule has 1 aliphatic heterocycles. The normalized spacial score (nSPS) is 15.2. The van der Waals surface area contributed by atoms with Gasteiger partial charge in [0.05, 0.1) is 5.69 Å². The molecular formula is C20H22N6O4S. The average Bonchev–Trinajstić information content (AvgIpc) is 3.29. The number of phenols is 1. The van der Waals surface area contributed by atoms with Gasteiger partial charge in [0.1, 0.15) is 17.0 Å². The maximum atomic E-state index is 12.9. The number of carbonyl (C=O) groups excluding carboxylic acids is 1. The number of rotatable bonds is 4.